The van der Waals surface area contributed by atoms with Gasteiger partial charge in [-0.25, -0.2) is 4.79 Å². The van der Waals surface area contributed by atoms with E-state index in [0.29, 0.717) is 49.6 Å². The standard InChI is InChI=1S/C24H36N6O5/c1-17-12-30(18(2)15-31)23(32)6-5-11-29-13-20(26-27-29)16-35-22(17)14-28(3)24(33)25-19-7-9-21(34-4)10-8-19/h7-10,13,17-18,22,31H,5-6,11-12,14-16H2,1-4H3,(H,25,33)/t17-,18-,22-/m1/s1. The van der Waals surface area contributed by atoms with Gasteiger partial charge in [-0.1, -0.05) is 12.1 Å². The molecule has 0 saturated carbocycles. The Balaban J connectivity index is 1.73. The van der Waals surface area contributed by atoms with E-state index in [1.165, 1.54) is 0 Å². The van der Waals surface area contributed by atoms with Gasteiger partial charge in [-0.15, -0.1) is 5.10 Å². The summed E-state index contributed by atoms with van der Waals surface area (Å²) in [5.74, 6) is 0.568. The van der Waals surface area contributed by atoms with Crippen LogP contribution in [0.4, 0.5) is 10.5 Å². The predicted octanol–water partition coefficient (Wildman–Crippen LogP) is 1.98. The number of anilines is 1. The summed E-state index contributed by atoms with van der Waals surface area (Å²) in [5.41, 5.74) is 1.34. The van der Waals surface area contributed by atoms with Gasteiger partial charge in [0.2, 0.25) is 5.91 Å². The predicted molar refractivity (Wildman–Crippen MR) is 130 cm³/mol. The Morgan fingerprint density at radius 2 is 2.11 bits per heavy atom. The van der Waals surface area contributed by atoms with E-state index in [1.807, 2.05) is 20.0 Å². The quantitative estimate of drug-likeness (QED) is 0.637. The van der Waals surface area contributed by atoms with Crippen molar-refractivity contribution in [3.63, 3.8) is 0 Å². The van der Waals surface area contributed by atoms with Gasteiger partial charge < -0.3 is 29.7 Å². The van der Waals surface area contributed by atoms with Gasteiger partial charge in [0, 0.05) is 44.7 Å². The number of carbonyl (C=O) groups is 2. The number of aliphatic hydroxyl groups excluding tert-OH is 1. The summed E-state index contributed by atoms with van der Waals surface area (Å²) in [6.07, 6.45) is 2.41. The Kier molecular flexibility index (Phi) is 9.44. The highest BCUT2D eigenvalue weighted by Gasteiger charge is 2.28. The van der Waals surface area contributed by atoms with Crippen LogP contribution in [0.5, 0.6) is 5.75 Å². The third-order valence-electron chi connectivity index (χ3n) is 6.19. The molecule has 3 amide bonds. The number of carbonyl (C=O) groups excluding carboxylic acids is 2. The molecule has 11 heteroatoms. The lowest BCUT2D eigenvalue weighted by molar-refractivity contribution is -0.136. The third kappa shape index (κ3) is 7.40. The number of aliphatic hydroxyl groups is 1. The van der Waals surface area contributed by atoms with E-state index in [9.17, 15) is 14.7 Å². The van der Waals surface area contributed by atoms with E-state index in [-0.39, 0.29) is 43.2 Å². The van der Waals surface area contributed by atoms with Crippen molar-refractivity contribution < 1.29 is 24.2 Å². The van der Waals surface area contributed by atoms with Crippen LogP contribution in [0.3, 0.4) is 0 Å². The molecular weight excluding hydrogens is 452 g/mol. The summed E-state index contributed by atoms with van der Waals surface area (Å²) in [4.78, 5) is 29.1. The number of urea groups is 1. The van der Waals surface area contributed by atoms with Gasteiger partial charge in [-0.05, 0) is 37.6 Å². The summed E-state index contributed by atoms with van der Waals surface area (Å²) in [6.45, 7) is 5.22. The number of likely N-dealkylation sites (N-methyl/N-ethyl adjacent to an activating group) is 1. The molecule has 0 aliphatic carbocycles. The molecule has 0 radical (unpaired) electrons. The molecule has 11 nitrogen and oxygen atoms in total. The summed E-state index contributed by atoms with van der Waals surface area (Å²) in [7, 11) is 3.29. The van der Waals surface area contributed by atoms with E-state index in [4.69, 9.17) is 9.47 Å². The number of nitrogens with zero attached hydrogens (tertiary/aromatic N) is 5. The van der Waals surface area contributed by atoms with Crippen molar-refractivity contribution in [1.29, 1.82) is 0 Å². The highest BCUT2D eigenvalue weighted by molar-refractivity contribution is 5.89. The number of aromatic nitrogens is 3. The molecule has 2 bridgehead atoms. The maximum atomic E-state index is 13.0. The van der Waals surface area contributed by atoms with Crippen molar-refractivity contribution >= 4 is 17.6 Å². The monoisotopic (exact) mass is 488 g/mol. The van der Waals surface area contributed by atoms with Crippen molar-refractivity contribution in [2.45, 2.75) is 52.0 Å². The van der Waals surface area contributed by atoms with E-state index >= 15 is 0 Å². The molecule has 0 saturated heterocycles. The molecule has 1 aromatic carbocycles. The molecule has 0 spiro atoms. The maximum Gasteiger partial charge on any atom is 0.321 e. The van der Waals surface area contributed by atoms with Crippen LogP contribution >= 0.6 is 0 Å². The minimum absolute atomic E-state index is 0.0256. The summed E-state index contributed by atoms with van der Waals surface area (Å²) in [5, 5.41) is 20.9. The second-order valence-corrected chi connectivity index (χ2v) is 9.02. The van der Waals surface area contributed by atoms with Gasteiger partial charge in [-0.2, -0.15) is 0 Å². The van der Waals surface area contributed by atoms with Crippen LogP contribution in [-0.2, 0) is 22.7 Å². The first-order valence-electron chi connectivity index (χ1n) is 11.9. The number of benzene rings is 1. The molecule has 1 aliphatic heterocycles. The smallest absolute Gasteiger partial charge is 0.321 e. The van der Waals surface area contributed by atoms with Crippen LogP contribution < -0.4 is 10.1 Å². The molecule has 0 fully saturated rings. The number of aryl methyl sites for hydroxylation is 1. The zero-order valence-corrected chi connectivity index (χ0v) is 20.9. The maximum absolute atomic E-state index is 13.0. The SMILES string of the molecule is COc1ccc(NC(=O)N(C)C[C@H]2OCc3cn(nn3)CCCC(=O)N([C@H](C)CO)C[C@H]2C)cc1. The van der Waals surface area contributed by atoms with Crippen molar-refractivity contribution in [3.8, 4) is 5.75 Å². The lowest BCUT2D eigenvalue weighted by Gasteiger charge is -2.35. The summed E-state index contributed by atoms with van der Waals surface area (Å²) in [6, 6.07) is 6.49. The number of ether oxygens (including phenoxy) is 2. The molecule has 2 heterocycles. The second kappa shape index (κ2) is 12.5. The molecule has 1 aromatic heterocycles. The molecule has 1 aliphatic rings. The van der Waals surface area contributed by atoms with Crippen LogP contribution in [0, 0.1) is 5.92 Å². The Bertz CT molecular complexity index is 966. The molecule has 2 N–H and O–H groups in total. The van der Waals surface area contributed by atoms with E-state index in [0.717, 1.165) is 0 Å². The van der Waals surface area contributed by atoms with Gasteiger partial charge in [0.1, 0.15) is 11.4 Å². The average molecular weight is 489 g/mol. The largest absolute Gasteiger partial charge is 0.497 e. The lowest BCUT2D eigenvalue weighted by atomic mass is 10.0. The van der Waals surface area contributed by atoms with Gasteiger partial charge in [0.05, 0.1) is 38.7 Å². The highest BCUT2D eigenvalue weighted by atomic mass is 16.5. The molecule has 3 atom stereocenters. The van der Waals surface area contributed by atoms with Gasteiger partial charge in [0.25, 0.3) is 0 Å². The minimum Gasteiger partial charge on any atom is -0.497 e. The van der Waals surface area contributed by atoms with Crippen molar-refractivity contribution in [3.05, 3.63) is 36.2 Å². The fourth-order valence-corrected chi connectivity index (χ4v) is 3.94. The van der Waals surface area contributed by atoms with E-state index in [2.05, 4.69) is 15.6 Å². The van der Waals surface area contributed by atoms with Crippen molar-refractivity contribution in [2.75, 3.05) is 39.2 Å². The Morgan fingerprint density at radius 3 is 2.80 bits per heavy atom. The van der Waals surface area contributed by atoms with Crippen LogP contribution in [0.1, 0.15) is 32.4 Å². The van der Waals surface area contributed by atoms with Gasteiger partial charge in [0.15, 0.2) is 0 Å². The summed E-state index contributed by atoms with van der Waals surface area (Å²) >= 11 is 0. The Hall–Kier alpha value is -3.18. The van der Waals surface area contributed by atoms with Crippen LogP contribution in [0.25, 0.3) is 0 Å². The first-order valence-corrected chi connectivity index (χ1v) is 11.9. The fourth-order valence-electron chi connectivity index (χ4n) is 3.94. The molecular formula is C24H36N6O5. The number of nitrogens with one attached hydrogen (secondary N) is 1. The second-order valence-electron chi connectivity index (χ2n) is 9.02. The summed E-state index contributed by atoms with van der Waals surface area (Å²) < 4.78 is 13.1. The van der Waals surface area contributed by atoms with Crippen LogP contribution in [0.2, 0.25) is 0 Å². The number of amides is 3. The number of fused-ring (bicyclic) bond motifs is 2. The van der Waals surface area contributed by atoms with Crippen molar-refractivity contribution in [2.24, 2.45) is 5.92 Å². The fraction of sp³-hybridized carbons (Fsp3) is 0.583. The zero-order valence-electron chi connectivity index (χ0n) is 20.9. The topological polar surface area (TPSA) is 122 Å². The normalized spacial score (nSPS) is 20.3. The molecule has 3 rings (SSSR count). The van der Waals surface area contributed by atoms with Gasteiger partial charge >= 0.3 is 6.03 Å². The number of rotatable bonds is 6. The minimum atomic E-state index is -0.381. The highest BCUT2D eigenvalue weighted by Crippen LogP contribution is 2.19. The van der Waals surface area contributed by atoms with Gasteiger partial charge in [-0.3, -0.25) is 9.48 Å². The number of hydrogen-bond donors (Lipinski definition) is 2. The molecule has 0 unspecified atom stereocenters. The Labute approximate surface area is 206 Å². The first kappa shape index (κ1) is 26.4. The molecule has 2 aromatic rings. The zero-order chi connectivity index (χ0) is 25.4. The molecule has 192 valence electrons. The van der Waals surface area contributed by atoms with Crippen LogP contribution in [0.15, 0.2) is 30.5 Å². The number of methoxy groups -OCH3 is 1. The lowest BCUT2D eigenvalue weighted by Crippen LogP contribution is -2.48. The third-order valence-corrected chi connectivity index (χ3v) is 6.19. The first-order chi connectivity index (χ1) is 16.8. The van der Waals surface area contributed by atoms with E-state index < -0.39 is 0 Å². The van der Waals surface area contributed by atoms with Crippen molar-refractivity contribution in [1.82, 2.24) is 24.8 Å². The van der Waals surface area contributed by atoms with E-state index in [1.54, 1.807) is 52.9 Å². The number of hydrogen-bond acceptors (Lipinski definition) is 7. The molecule has 35 heavy (non-hydrogen) atoms. The average Bonchev–Trinajstić information content (AvgIpc) is 3.31. The van der Waals surface area contributed by atoms with Crippen LogP contribution in [-0.4, -0.2) is 87.8 Å². The Morgan fingerprint density at radius 1 is 1.37 bits per heavy atom.